The van der Waals surface area contributed by atoms with Crippen molar-refractivity contribution in [3.8, 4) is 0 Å². The number of rotatable bonds is 7. The van der Waals surface area contributed by atoms with Crippen LogP contribution in [-0.4, -0.2) is 18.4 Å². The van der Waals surface area contributed by atoms with Gasteiger partial charge in [-0.05, 0) is 5.56 Å². The molecule has 0 radical (unpaired) electrons. The third-order valence-corrected chi connectivity index (χ3v) is 3.60. The summed E-state index contributed by atoms with van der Waals surface area (Å²) in [5.74, 6) is -3.38. The number of alkyl halides is 2. The number of hydrogen-bond donors (Lipinski definition) is 2. The number of amides is 1. The zero-order chi connectivity index (χ0) is 15.4. The molecule has 20 heavy (non-hydrogen) atoms. The normalized spacial score (nSPS) is 14.1. The van der Waals surface area contributed by atoms with Gasteiger partial charge in [0.2, 0.25) is 5.91 Å². The maximum atomic E-state index is 13.8. The van der Waals surface area contributed by atoms with Crippen LogP contribution >= 0.6 is 0 Å². The van der Waals surface area contributed by atoms with Gasteiger partial charge in [-0.3, -0.25) is 4.79 Å². The van der Waals surface area contributed by atoms with Crippen molar-refractivity contribution in [1.82, 2.24) is 5.32 Å². The van der Waals surface area contributed by atoms with Crippen LogP contribution in [0.25, 0.3) is 0 Å². The van der Waals surface area contributed by atoms with Crippen LogP contribution in [0.1, 0.15) is 38.8 Å². The molecule has 0 saturated carbocycles. The van der Waals surface area contributed by atoms with E-state index >= 15 is 0 Å². The first-order valence-electron chi connectivity index (χ1n) is 6.67. The molecule has 1 amide bonds. The van der Waals surface area contributed by atoms with Gasteiger partial charge in [0.05, 0.1) is 0 Å². The molecule has 0 aliphatic rings. The van der Waals surface area contributed by atoms with Gasteiger partial charge in [0.25, 0.3) is 5.92 Å². The summed E-state index contributed by atoms with van der Waals surface area (Å²) in [4.78, 5) is 11.5. The second-order valence-electron chi connectivity index (χ2n) is 5.57. The zero-order valence-corrected chi connectivity index (χ0v) is 12.1. The lowest BCUT2D eigenvalue weighted by molar-refractivity contribution is -0.122. The first-order valence-corrected chi connectivity index (χ1v) is 6.67. The highest BCUT2D eigenvalue weighted by molar-refractivity contribution is 5.81. The van der Waals surface area contributed by atoms with Gasteiger partial charge in [0.15, 0.2) is 0 Å². The predicted molar refractivity (Wildman–Crippen MR) is 75.4 cm³/mol. The molecule has 0 aliphatic heterocycles. The van der Waals surface area contributed by atoms with Crippen molar-refractivity contribution >= 4 is 5.91 Å². The summed E-state index contributed by atoms with van der Waals surface area (Å²) in [5.41, 5.74) is 4.77. The lowest BCUT2D eigenvalue weighted by Crippen LogP contribution is -2.46. The predicted octanol–water partition coefficient (Wildman–Crippen LogP) is 2.87. The minimum absolute atomic E-state index is 0.00363. The molecule has 5 heteroatoms. The number of hydrogen-bond acceptors (Lipinski definition) is 2. The molecule has 0 spiro atoms. The van der Waals surface area contributed by atoms with Crippen LogP contribution in [-0.2, 0) is 4.79 Å². The SMILES string of the molecule is CCC(F)(F)C(C)(C)CNC(C(N)=O)c1ccccc1. The molecule has 1 aromatic rings. The number of nitrogens with two attached hydrogens (primary N) is 1. The second-order valence-corrected chi connectivity index (χ2v) is 5.57. The fraction of sp³-hybridized carbons (Fsp3) is 0.533. The first-order chi connectivity index (χ1) is 9.21. The summed E-state index contributed by atoms with van der Waals surface area (Å²) in [6.07, 6.45) is -0.242. The van der Waals surface area contributed by atoms with E-state index in [0.29, 0.717) is 5.56 Å². The largest absolute Gasteiger partial charge is 0.368 e. The summed E-state index contributed by atoms with van der Waals surface area (Å²) in [7, 11) is 0. The minimum Gasteiger partial charge on any atom is -0.368 e. The number of benzene rings is 1. The van der Waals surface area contributed by atoms with Gasteiger partial charge < -0.3 is 11.1 Å². The van der Waals surface area contributed by atoms with Gasteiger partial charge in [0, 0.05) is 18.4 Å². The maximum Gasteiger partial charge on any atom is 0.254 e. The van der Waals surface area contributed by atoms with Crippen molar-refractivity contribution in [2.75, 3.05) is 6.54 Å². The topological polar surface area (TPSA) is 55.1 Å². The van der Waals surface area contributed by atoms with E-state index in [1.165, 1.54) is 20.8 Å². The third-order valence-electron chi connectivity index (χ3n) is 3.60. The molecule has 0 heterocycles. The maximum absolute atomic E-state index is 13.8. The third kappa shape index (κ3) is 3.76. The number of carbonyl (C=O) groups is 1. The summed E-state index contributed by atoms with van der Waals surface area (Å²) >= 11 is 0. The number of nitrogens with one attached hydrogen (secondary N) is 1. The van der Waals surface area contributed by atoms with Crippen molar-refractivity contribution in [1.29, 1.82) is 0 Å². The molecule has 3 N–H and O–H groups in total. The Bertz CT molecular complexity index is 446. The van der Waals surface area contributed by atoms with Crippen LogP contribution in [0.2, 0.25) is 0 Å². The lowest BCUT2D eigenvalue weighted by Gasteiger charge is -2.34. The van der Waals surface area contributed by atoms with Crippen LogP contribution in [0.3, 0.4) is 0 Å². The molecule has 0 aliphatic carbocycles. The van der Waals surface area contributed by atoms with E-state index in [9.17, 15) is 13.6 Å². The van der Waals surface area contributed by atoms with E-state index in [1.54, 1.807) is 24.3 Å². The van der Waals surface area contributed by atoms with Crippen molar-refractivity contribution < 1.29 is 13.6 Å². The van der Waals surface area contributed by atoms with Crippen molar-refractivity contribution in [3.05, 3.63) is 35.9 Å². The minimum atomic E-state index is -2.81. The first kappa shape index (κ1) is 16.6. The molecule has 112 valence electrons. The Balaban J connectivity index is 2.82. The Morgan fingerprint density at radius 2 is 1.85 bits per heavy atom. The molecule has 1 rings (SSSR count). The summed E-state index contributed by atoms with van der Waals surface area (Å²) < 4.78 is 27.7. The highest BCUT2D eigenvalue weighted by atomic mass is 19.3. The molecule has 1 unspecified atom stereocenters. The number of halogens is 2. The van der Waals surface area contributed by atoms with E-state index in [4.69, 9.17) is 5.73 Å². The Hall–Kier alpha value is -1.49. The number of primary amides is 1. The van der Waals surface area contributed by atoms with E-state index in [-0.39, 0.29) is 13.0 Å². The fourth-order valence-electron chi connectivity index (χ4n) is 1.99. The Kier molecular flexibility index (Phi) is 5.22. The van der Waals surface area contributed by atoms with E-state index in [2.05, 4.69) is 5.32 Å². The highest BCUT2D eigenvalue weighted by Gasteiger charge is 2.44. The van der Waals surface area contributed by atoms with Gasteiger partial charge in [-0.25, -0.2) is 8.78 Å². The molecular formula is C15H22F2N2O. The Morgan fingerprint density at radius 1 is 1.30 bits per heavy atom. The monoisotopic (exact) mass is 284 g/mol. The summed E-state index contributed by atoms with van der Waals surface area (Å²) in [6.45, 7) is 4.40. The van der Waals surface area contributed by atoms with E-state index < -0.39 is 23.3 Å². The molecule has 3 nitrogen and oxygen atoms in total. The second kappa shape index (κ2) is 6.31. The summed E-state index contributed by atoms with van der Waals surface area (Å²) in [5, 5.41) is 2.86. The smallest absolute Gasteiger partial charge is 0.254 e. The van der Waals surface area contributed by atoms with Gasteiger partial charge in [-0.2, -0.15) is 0 Å². The van der Waals surface area contributed by atoms with Crippen molar-refractivity contribution in [3.63, 3.8) is 0 Å². The quantitative estimate of drug-likeness (QED) is 0.809. The molecule has 1 aromatic carbocycles. The van der Waals surface area contributed by atoms with Crippen LogP contribution < -0.4 is 11.1 Å². The van der Waals surface area contributed by atoms with Crippen LogP contribution in [0.15, 0.2) is 30.3 Å². The van der Waals surface area contributed by atoms with Crippen molar-refractivity contribution in [2.24, 2.45) is 11.1 Å². The van der Waals surface area contributed by atoms with E-state index in [0.717, 1.165) is 0 Å². The Labute approximate surface area is 118 Å². The molecule has 0 aromatic heterocycles. The van der Waals surface area contributed by atoms with Crippen molar-refractivity contribution in [2.45, 2.75) is 39.2 Å². The molecule has 0 bridgehead atoms. The lowest BCUT2D eigenvalue weighted by atomic mass is 9.83. The molecule has 0 saturated heterocycles. The molecule has 1 atom stereocenters. The standard InChI is InChI=1S/C15H22F2N2O/c1-4-15(16,17)14(2,3)10-19-12(13(18)20)11-8-6-5-7-9-11/h5-9,12,19H,4,10H2,1-3H3,(H2,18,20). The highest BCUT2D eigenvalue weighted by Crippen LogP contribution is 2.38. The van der Waals surface area contributed by atoms with E-state index in [1.807, 2.05) is 6.07 Å². The average molecular weight is 284 g/mol. The molecular weight excluding hydrogens is 262 g/mol. The number of carbonyl (C=O) groups excluding carboxylic acids is 1. The fourth-order valence-corrected chi connectivity index (χ4v) is 1.99. The molecule has 0 fully saturated rings. The van der Waals surface area contributed by atoms with Gasteiger partial charge in [-0.1, -0.05) is 51.1 Å². The van der Waals surface area contributed by atoms with Gasteiger partial charge in [0.1, 0.15) is 6.04 Å². The van der Waals surface area contributed by atoms with Gasteiger partial charge in [-0.15, -0.1) is 0 Å². The average Bonchev–Trinajstić information content (AvgIpc) is 2.39. The van der Waals surface area contributed by atoms with Gasteiger partial charge >= 0.3 is 0 Å². The zero-order valence-electron chi connectivity index (χ0n) is 12.1. The Morgan fingerprint density at radius 3 is 2.30 bits per heavy atom. The van der Waals surface area contributed by atoms with Crippen LogP contribution in [0, 0.1) is 5.41 Å². The summed E-state index contributed by atoms with van der Waals surface area (Å²) in [6, 6.07) is 8.10. The van der Waals surface area contributed by atoms with Crippen LogP contribution in [0.4, 0.5) is 8.78 Å². The van der Waals surface area contributed by atoms with Crippen LogP contribution in [0.5, 0.6) is 0 Å².